The van der Waals surface area contributed by atoms with E-state index in [4.69, 9.17) is 18.9 Å². The minimum atomic E-state index is 0.257. The summed E-state index contributed by atoms with van der Waals surface area (Å²) in [5, 5.41) is 0. The summed E-state index contributed by atoms with van der Waals surface area (Å²) < 4.78 is 22.5. The van der Waals surface area contributed by atoms with Crippen molar-refractivity contribution in [1.29, 1.82) is 0 Å². The highest BCUT2D eigenvalue weighted by Gasteiger charge is 2.01. The van der Waals surface area contributed by atoms with Gasteiger partial charge in [0, 0.05) is 6.07 Å². The SMILES string of the molecule is CCCCOCOc1cccc(Oc2ccc(OCCCC)cc2)c1. The lowest BCUT2D eigenvalue weighted by Gasteiger charge is -2.10. The molecule has 0 saturated carbocycles. The van der Waals surface area contributed by atoms with Gasteiger partial charge in [-0.25, -0.2) is 0 Å². The molecule has 0 bridgehead atoms. The topological polar surface area (TPSA) is 36.9 Å². The largest absolute Gasteiger partial charge is 0.494 e. The Labute approximate surface area is 150 Å². The second kappa shape index (κ2) is 11.4. The maximum atomic E-state index is 5.87. The number of ether oxygens (including phenoxy) is 4. The van der Waals surface area contributed by atoms with Crippen molar-refractivity contribution in [2.75, 3.05) is 20.0 Å². The Balaban J connectivity index is 1.82. The molecule has 0 aliphatic heterocycles. The first-order valence-electron chi connectivity index (χ1n) is 9.03. The molecule has 4 heteroatoms. The van der Waals surface area contributed by atoms with Gasteiger partial charge < -0.3 is 18.9 Å². The van der Waals surface area contributed by atoms with Crippen LogP contribution in [0.5, 0.6) is 23.0 Å². The van der Waals surface area contributed by atoms with Gasteiger partial charge in [-0.05, 0) is 49.2 Å². The third-order valence-corrected chi connectivity index (χ3v) is 3.58. The van der Waals surface area contributed by atoms with Crippen LogP contribution in [0.25, 0.3) is 0 Å². The third-order valence-electron chi connectivity index (χ3n) is 3.58. The normalized spacial score (nSPS) is 10.5. The van der Waals surface area contributed by atoms with Crippen molar-refractivity contribution < 1.29 is 18.9 Å². The van der Waals surface area contributed by atoms with Crippen molar-refractivity contribution in [2.24, 2.45) is 0 Å². The van der Waals surface area contributed by atoms with Crippen LogP contribution in [0.15, 0.2) is 48.5 Å². The first-order valence-corrected chi connectivity index (χ1v) is 9.03. The van der Waals surface area contributed by atoms with E-state index in [9.17, 15) is 0 Å². The van der Waals surface area contributed by atoms with E-state index in [0.717, 1.165) is 61.9 Å². The fourth-order valence-electron chi connectivity index (χ4n) is 2.12. The Bertz CT molecular complexity index is 595. The number of benzene rings is 2. The summed E-state index contributed by atoms with van der Waals surface area (Å²) in [5.74, 6) is 3.08. The van der Waals surface area contributed by atoms with Gasteiger partial charge in [0.15, 0.2) is 6.79 Å². The van der Waals surface area contributed by atoms with E-state index in [1.807, 2.05) is 48.5 Å². The molecule has 0 N–H and O–H groups in total. The van der Waals surface area contributed by atoms with Crippen LogP contribution in [-0.4, -0.2) is 20.0 Å². The summed E-state index contributed by atoms with van der Waals surface area (Å²) in [4.78, 5) is 0. The lowest BCUT2D eigenvalue weighted by atomic mass is 10.3. The smallest absolute Gasteiger partial charge is 0.189 e. The summed E-state index contributed by atoms with van der Waals surface area (Å²) >= 11 is 0. The zero-order chi connectivity index (χ0) is 17.7. The van der Waals surface area contributed by atoms with E-state index in [1.54, 1.807) is 0 Å². The molecule has 0 radical (unpaired) electrons. The summed E-state index contributed by atoms with van der Waals surface area (Å²) in [6.45, 7) is 6.01. The van der Waals surface area contributed by atoms with Crippen molar-refractivity contribution in [3.8, 4) is 23.0 Å². The van der Waals surface area contributed by atoms with Gasteiger partial charge in [0.25, 0.3) is 0 Å². The van der Waals surface area contributed by atoms with Crippen LogP contribution in [0.2, 0.25) is 0 Å². The molecule has 0 aliphatic carbocycles. The molecule has 2 aromatic rings. The van der Waals surface area contributed by atoms with Gasteiger partial charge in [0.2, 0.25) is 0 Å². The van der Waals surface area contributed by atoms with Crippen molar-refractivity contribution >= 4 is 0 Å². The zero-order valence-electron chi connectivity index (χ0n) is 15.2. The monoisotopic (exact) mass is 344 g/mol. The minimum Gasteiger partial charge on any atom is -0.494 e. The first-order chi connectivity index (χ1) is 12.3. The van der Waals surface area contributed by atoms with E-state index >= 15 is 0 Å². The predicted molar refractivity (Wildman–Crippen MR) is 99.7 cm³/mol. The van der Waals surface area contributed by atoms with E-state index in [0.29, 0.717) is 0 Å². The van der Waals surface area contributed by atoms with E-state index < -0.39 is 0 Å². The fourth-order valence-corrected chi connectivity index (χ4v) is 2.12. The summed E-state index contributed by atoms with van der Waals surface area (Å²) in [6, 6.07) is 15.2. The molecule has 0 atom stereocenters. The average molecular weight is 344 g/mol. The van der Waals surface area contributed by atoms with E-state index in [-0.39, 0.29) is 6.79 Å². The number of hydrogen-bond acceptors (Lipinski definition) is 4. The molecule has 2 rings (SSSR count). The van der Waals surface area contributed by atoms with Gasteiger partial charge >= 0.3 is 0 Å². The van der Waals surface area contributed by atoms with Crippen LogP contribution >= 0.6 is 0 Å². The van der Waals surface area contributed by atoms with Gasteiger partial charge in [-0.1, -0.05) is 32.8 Å². The second-order valence-electron chi connectivity index (χ2n) is 5.77. The molecule has 0 heterocycles. The quantitative estimate of drug-likeness (QED) is 0.359. The number of rotatable bonds is 12. The number of hydrogen-bond donors (Lipinski definition) is 0. The molecular weight excluding hydrogens is 316 g/mol. The minimum absolute atomic E-state index is 0.257. The van der Waals surface area contributed by atoms with Gasteiger partial charge in [0.1, 0.15) is 23.0 Å². The molecule has 4 nitrogen and oxygen atoms in total. The second-order valence-corrected chi connectivity index (χ2v) is 5.77. The summed E-state index contributed by atoms with van der Waals surface area (Å²) in [6.07, 6.45) is 4.35. The highest BCUT2D eigenvalue weighted by Crippen LogP contribution is 2.26. The molecule has 0 saturated heterocycles. The van der Waals surface area contributed by atoms with Crippen LogP contribution in [0, 0.1) is 0 Å². The molecule has 136 valence electrons. The lowest BCUT2D eigenvalue weighted by molar-refractivity contribution is 0.0140. The van der Waals surface area contributed by atoms with E-state index in [1.165, 1.54) is 0 Å². The van der Waals surface area contributed by atoms with Crippen LogP contribution in [0.4, 0.5) is 0 Å². The lowest BCUT2D eigenvalue weighted by Crippen LogP contribution is -2.03. The molecule has 2 aromatic carbocycles. The Morgan fingerprint density at radius 3 is 2.12 bits per heavy atom. The maximum absolute atomic E-state index is 5.87. The first kappa shape index (κ1) is 19.1. The van der Waals surface area contributed by atoms with Gasteiger partial charge in [-0.2, -0.15) is 0 Å². The maximum Gasteiger partial charge on any atom is 0.189 e. The van der Waals surface area contributed by atoms with Crippen LogP contribution < -0.4 is 14.2 Å². The zero-order valence-corrected chi connectivity index (χ0v) is 15.2. The van der Waals surface area contributed by atoms with Crippen molar-refractivity contribution in [3.63, 3.8) is 0 Å². The van der Waals surface area contributed by atoms with Crippen LogP contribution in [0.1, 0.15) is 39.5 Å². The Morgan fingerprint density at radius 1 is 0.680 bits per heavy atom. The highest BCUT2D eigenvalue weighted by atomic mass is 16.7. The van der Waals surface area contributed by atoms with Crippen molar-refractivity contribution in [3.05, 3.63) is 48.5 Å². The van der Waals surface area contributed by atoms with Gasteiger partial charge in [-0.15, -0.1) is 0 Å². The standard InChI is InChI=1S/C21H28O4/c1-3-5-14-22-17-24-20-8-7-9-21(16-20)25-19-12-10-18(11-13-19)23-15-6-4-2/h7-13,16H,3-6,14-15,17H2,1-2H3. The van der Waals surface area contributed by atoms with Gasteiger partial charge in [0.05, 0.1) is 13.2 Å². The average Bonchev–Trinajstić information content (AvgIpc) is 2.64. The van der Waals surface area contributed by atoms with Crippen LogP contribution in [-0.2, 0) is 4.74 Å². The molecule has 25 heavy (non-hydrogen) atoms. The molecule has 0 aliphatic rings. The Morgan fingerprint density at radius 2 is 1.36 bits per heavy atom. The molecule has 0 aromatic heterocycles. The Hall–Kier alpha value is -2.20. The summed E-state index contributed by atoms with van der Waals surface area (Å²) in [7, 11) is 0. The molecular formula is C21H28O4. The summed E-state index contributed by atoms with van der Waals surface area (Å²) in [5.41, 5.74) is 0. The predicted octanol–water partition coefficient (Wildman–Crippen LogP) is 5.81. The molecule has 0 unspecified atom stereocenters. The van der Waals surface area contributed by atoms with Crippen LogP contribution in [0.3, 0.4) is 0 Å². The molecule has 0 amide bonds. The Kier molecular flexibility index (Phi) is 8.70. The fraction of sp³-hybridized carbons (Fsp3) is 0.429. The van der Waals surface area contributed by atoms with E-state index in [2.05, 4.69) is 13.8 Å². The van der Waals surface area contributed by atoms with Gasteiger partial charge in [-0.3, -0.25) is 0 Å². The number of unbranched alkanes of at least 4 members (excludes halogenated alkanes) is 2. The molecule has 0 spiro atoms. The van der Waals surface area contributed by atoms with Crippen molar-refractivity contribution in [1.82, 2.24) is 0 Å². The molecule has 0 fully saturated rings. The van der Waals surface area contributed by atoms with Crippen molar-refractivity contribution in [2.45, 2.75) is 39.5 Å². The third kappa shape index (κ3) is 7.48. The highest BCUT2D eigenvalue weighted by molar-refractivity contribution is 5.38.